The highest BCUT2D eigenvalue weighted by Gasteiger charge is 2.30. The van der Waals surface area contributed by atoms with Gasteiger partial charge in [-0.2, -0.15) is 0 Å². The fraction of sp³-hybridized carbons (Fsp3) is 0.467. The molecule has 0 aromatic heterocycles. The van der Waals surface area contributed by atoms with Crippen LogP contribution in [0.4, 0.5) is 0 Å². The number of nitrogens with zero attached hydrogens (tertiary/aromatic N) is 1. The van der Waals surface area contributed by atoms with Gasteiger partial charge < -0.3 is 14.8 Å². The maximum atomic E-state index is 12.4. The SMILES string of the molecule is CNC(=O)C1COCCN1CC(=O)c1cccc(OC)c1. The zero-order valence-electron chi connectivity index (χ0n) is 12.3. The zero-order valence-corrected chi connectivity index (χ0v) is 12.3. The molecule has 6 heteroatoms. The van der Waals surface area contributed by atoms with E-state index in [9.17, 15) is 9.59 Å². The summed E-state index contributed by atoms with van der Waals surface area (Å²) < 4.78 is 10.4. The van der Waals surface area contributed by atoms with Crippen LogP contribution < -0.4 is 10.1 Å². The average Bonchev–Trinajstić information content (AvgIpc) is 2.54. The fourth-order valence-corrected chi connectivity index (χ4v) is 2.31. The molecule has 1 amide bonds. The van der Waals surface area contributed by atoms with Gasteiger partial charge in [-0.05, 0) is 12.1 Å². The molecule has 0 spiro atoms. The van der Waals surface area contributed by atoms with Crippen molar-refractivity contribution in [3.63, 3.8) is 0 Å². The minimum Gasteiger partial charge on any atom is -0.497 e. The van der Waals surface area contributed by atoms with Crippen molar-refractivity contribution in [2.45, 2.75) is 6.04 Å². The summed E-state index contributed by atoms with van der Waals surface area (Å²) in [6.07, 6.45) is 0. The zero-order chi connectivity index (χ0) is 15.2. The third kappa shape index (κ3) is 3.80. The number of methoxy groups -OCH3 is 1. The molecule has 1 heterocycles. The van der Waals surface area contributed by atoms with Crippen molar-refractivity contribution in [3.05, 3.63) is 29.8 Å². The Bertz CT molecular complexity index is 518. The van der Waals surface area contributed by atoms with E-state index in [0.717, 1.165) is 0 Å². The highest BCUT2D eigenvalue weighted by molar-refractivity contribution is 5.98. The number of morpholine rings is 1. The second kappa shape index (κ2) is 7.19. The quantitative estimate of drug-likeness (QED) is 0.792. The molecule has 1 N–H and O–H groups in total. The van der Waals surface area contributed by atoms with Crippen LogP contribution in [0, 0.1) is 0 Å². The molecule has 1 aromatic carbocycles. The second-order valence-corrected chi connectivity index (χ2v) is 4.83. The van der Waals surface area contributed by atoms with Crippen LogP contribution in [0.15, 0.2) is 24.3 Å². The minimum atomic E-state index is -0.418. The van der Waals surface area contributed by atoms with Gasteiger partial charge >= 0.3 is 0 Å². The number of ether oxygens (including phenoxy) is 2. The van der Waals surface area contributed by atoms with Gasteiger partial charge in [-0.3, -0.25) is 14.5 Å². The highest BCUT2D eigenvalue weighted by atomic mass is 16.5. The first-order valence-electron chi connectivity index (χ1n) is 6.86. The molecule has 0 radical (unpaired) electrons. The van der Waals surface area contributed by atoms with Crippen LogP contribution in [0.5, 0.6) is 5.75 Å². The van der Waals surface area contributed by atoms with Gasteiger partial charge in [0, 0.05) is 19.2 Å². The molecule has 114 valence electrons. The molecule has 21 heavy (non-hydrogen) atoms. The van der Waals surface area contributed by atoms with Gasteiger partial charge in [-0.15, -0.1) is 0 Å². The van der Waals surface area contributed by atoms with Gasteiger partial charge in [0.25, 0.3) is 0 Å². The molecule has 1 aliphatic heterocycles. The smallest absolute Gasteiger partial charge is 0.239 e. The van der Waals surface area contributed by atoms with Crippen molar-refractivity contribution in [1.29, 1.82) is 0 Å². The Kier molecular flexibility index (Phi) is 5.30. The number of carbonyl (C=O) groups excluding carboxylic acids is 2. The van der Waals surface area contributed by atoms with E-state index in [1.165, 1.54) is 0 Å². The van der Waals surface area contributed by atoms with Gasteiger partial charge in [0.2, 0.25) is 5.91 Å². The normalized spacial score (nSPS) is 19.0. The Morgan fingerprint density at radius 2 is 2.29 bits per heavy atom. The molecule has 6 nitrogen and oxygen atoms in total. The van der Waals surface area contributed by atoms with Crippen molar-refractivity contribution >= 4 is 11.7 Å². The Morgan fingerprint density at radius 3 is 3.00 bits per heavy atom. The predicted molar refractivity (Wildman–Crippen MR) is 77.6 cm³/mol. The van der Waals surface area contributed by atoms with Crippen molar-refractivity contribution < 1.29 is 19.1 Å². The summed E-state index contributed by atoms with van der Waals surface area (Å²) in [6, 6.07) is 6.61. The van der Waals surface area contributed by atoms with E-state index in [0.29, 0.717) is 31.1 Å². The average molecular weight is 292 g/mol. The number of carbonyl (C=O) groups is 2. The third-order valence-electron chi connectivity index (χ3n) is 3.53. The first-order chi connectivity index (χ1) is 10.2. The van der Waals surface area contributed by atoms with Crippen LogP contribution in [0.3, 0.4) is 0 Å². The Labute approximate surface area is 124 Å². The van der Waals surface area contributed by atoms with Crippen molar-refractivity contribution in [2.75, 3.05) is 40.5 Å². The number of nitrogens with one attached hydrogen (secondary N) is 1. The molecular weight excluding hydrogens is 272 g/mol. The Balaban J connectivity index is 2.07. The summed E-state index contributed by atoms with van der Waals surface area (Å²) >= 11 is 0. The lowest BCUT2D eigenvalue weighted by Crippen LogP contribution is -2.54. The van der Waals surface area contributed by atoms with Crippen LogP contribution >= 0.6 is 0 Å². The van der Waals surface area contributed by atoms with E-state index >= 15 is 0 Å². The summed E-state index contributed by atoms with van der Waals surface area (Å²) in [6.45, 7) is 1.59. The maximum absolute atomic E-state index is 12.4. The molecule has 1 unspecified atom stereocenters. The van der Waals surface area contributed by atoms with E-state index in [1.54, 1.807) is 38.4 Å². The van der Waals surface area contributed by atoms with E-state index < -0.39 is 6.04 Å². The lowest BCUT2D eigenvalue weighted by molar-refractivity contribution is -0.131. The van der Waals surface area contributed by atoms with Gasteiger partial charge in [-0.25, -0.2) is 0 Å². The number of hydrogen-bond acceptors (Lipinski definition) is 5. The molecule has 1 aromatic rings. The molecule has 1 aliphatic rings. The van der Waals surface area contributed by atoms with E-state index in [-0.39, 0.29) is 18.2 Å². The van der Waals surface area contributed by atoms with Crippen LogP contribution in [0.25, 0.3) is 0 Å². The molecule has 0 aliphatic carbocycles. The van der Waals surface area contributed by atoms with E-state index in [2.05, 4.69) is 5.32 Å². The van der Waals surface area contributed by atoms with Gasteiger partial charge in [0.05, 0.1) is 26.9 Å². The maximum Gasteiger partial charge on any atom is 0.239 e. The van der Waals surface area contributed by atoms with Crippen molar-refractivity contribution in [1.82, 2.24) is 10.2 Å². The first-order valence-corrected chi connectivity index (χ1v) is 6.86. The second-order valence-electron chi connectivity index (χ2n) is 4.83. The van der Waals surface area contributed by atoms with Crippen molar-refractivity contribution in [2.24, 2.45) is 0 Å². The standard InChI is InChI=1S/C15H20N2O4/c1-16-15(19)13-10-21-7-6-17(13)9-14(18)11-4-3-5-12(8-11)20-2/h3-5,8,13H,6-7,9-10H2,1-2H3,(H,16,19). The van der Waals surface area contributed by atoms with E-state index in [4.69, 9.17) is 9.47 Å². The predicted octanol–water partition coefficient (Wildman–Crippen LogP) is 0.325. The summed E-state index contributed by atoms with van der Waals surface area (Å²) in [5.41, 5.74) is 0.580. The van der Waals surface area contributed by atoms with Crippen LogP contribution in [-0.2, 0) is 9.53 Å². The largest absolute Gasteiger partial charge is 0.497 e. The summed E-state index contributed by atoms with van der Waals surface area (Å²) in [4.78, 5) is 26.1. The van der Waals surface area contributed by atoms with Crippen molar-refractivity contribution in [3.8, 4) is 5.75 Å². The fourth-order valence-electron chi connectivity index (χ4n) is 2.31. The van der Waals surface area contributed by atoms with Gasteiger partial charge in [-0.1, -0.05) is 12.1 Å². The summed E-state index contributed by atoms with van der Waals surface area (Å²) in [5, 5.41) is 2.60. The highest BCUT2D eigenvalue weighted by Crippen LogP contribution is 2.15. The topological polar surface area (TPSA) is 67.9 Å². The van der Waals surface area contributed by atoms with Crippen LogP contribution in [0.1, 0.15) is 10.4 Å². The molecular formula is C15H20N2O4. The number of hydrogen-bond donors (Lipinski definition) is 1. The van der Waals surface area contributed by atoms with E-state index in [1.807, 2.05) is 4.90 Å². The number of ketones is 1. The Hall–Kier alpha value is -1.92. The lowest BCUT2D eigenvalue weighted by Gasteiger charge is -2.33. The number of rotatable bonds is 5. The molecule has 2 rings (SSSR count). The van der Waals surface area contributed by atoms with Crippen LogP contribution in [0.2, 0.25) is 0 Å². The lowest BCUT2D eigenvalue weighted by atomic mass is 10.1. The third-order valence-corrected chi connectivity index (χ3v) is 3.53. The molecule has 1 saturated heterocycles. The molecule has 1 atom stereocenters. The van der Waals surface area contributed by atoms with Gasteiger partial charge in [0.1, 0.15) is 11.8 Å². The number of benzene rings is 1. The number of amides is 1. The number of Topliss-reactive ketones (excluding diaryl/α,β-unsaturated/α-hetero) is 1. The van der Waals surface area contributed by atoms with Gasteiger partial charge in [0.15, 0.2) is 5.78 Å². The molecule has 0 saturated carbocycles. The minimum absolute atomic E-state index is 0.0373. The summed E-state index contributed by atoms with van der Waals surface area (Å²) in [7, 11) is 3.15. The molecule has 1 fully saturated rings. The summed E-state index contributed by atoms with van der Waals surface area (Å²) in [5.74, 6) is 0.475. The molecule has 0 bridgehead atoms. The monoisotopic (exact) mass is 292 g/mol. The Morgan fingerprint density at radius 1 is 1.48 bits per heavy atom. The van der Waals surface area contributed by atoms with Crippen LogP contribution in [-0.4, -0.2) is 63.1 Å². The number of likely N-dealkylation sites (N-methyl/N-ethyl adjacent to an activating group) is 1. The first kappa shape index (κ1) is 15.5.